The van der Waals surface area contributed by atoms with Gasteiger partial charge in [-0.1, -0.05) is 31.2 Å². The molecular formula is C34H35F6N7O3. The predicted molar refractivity (Wildman–Crippen MR) is 172 cm³/mol. The molecule has 2 unspecified atom stereocenters. The average Bonchev–Trinajstić information content (AvgIpc) is 3.66. The van der Waals surface area contributed by atoms with Crippen LogP contribution in [0.25, 0.3) is 16.8 Å². The monoisotopic (exact) mass is 703 g/mol. The number of piperidine rings is 1. The largest absolute Gasteiger partial charge is 0.480 e. The van der Waals surface area contributed by atoms with E-state index in [1.807, 2.05) is 11.8 Å². The zero-order chi connectivity index (χ0) is 36.0. The van der Waals surface area contributed by atoms with Crippen LogP contribution in [0.15, 0.2) is 60.8 Å². The summed E-state index contributed by atoms with van der Waals surface area (Å²) in [6.45, 7) is 4.57. The Balaban J connectivity index is 1.32. The molecule has 6 rings (SSSR count). The van der Waals surface area contributed by atoms with Gasteiger partial charge in [0.1, 0.15) is 11.9 Å². The first kappa shape index (κ1) is 35.0. The van der Waals surface area contributed by atoms with Crippen molar-refractivity contribution in [3.05, 3.63) is 77.6 Å². The maximum Gasteiger partial charge on any atom is 0.429 e. The van der Waals surface area contributed by atoms with E-state index in [-0.39, 0.29) is 45.6 Å². The Labute approximate surface area is 283 Å². The number of alkyl halides is 6. The maximum absolute atomic E-state index is 14.9. The van der Waals surface area contributed by atoms with Gasteiger partial charge in [-0.3, -0.25) is 4.79 Å². The fraction of sp³-hybridized carbons (Fsp3) is 0.412. The highest BCUT2D eigenvalue weighted by Gasteiger charge is 2.50. The first-order valence-electron chi connectivity index (χ1n) is 16.0. The van der Waals surface area contributed by atoms with E-state index in [1.165, 1.54) is 41.2 Å². The number of carbonyl (C=O) groups is 1. The number of nitrogens with zero attached hydrogens (tertiary/aromatic N) is 5. The van der Waals surface area contributed by atoms with E-state index in [4.69, 9.17) is 10.5 Å². The van der Waals surface area contributed by atoms with Crippen LogP contribution < -0.4 is 20.7 Å². The first-order chi connectivity index (χ1) is 23.6. The SMILES string of the molecule is CCC1NC(C(=O)O)CC12CCN(c1cc(O[C@H](c3ccc(-c4cccc(C(F)(F)F)c4)cc3-n3ccc(C)n3)C(F)(F)F)nc(N)n1)CC2. The summed E-state index contributed by atoms with van der Waals surface area (Å²) in [6.07, 6.45) is -8.21. The number of aliphatic carboxylic acids is 1. The highest BCUT2D eigenvalue weighted by Crippen LogP contribution is 2.46. The third-order valence-electron chi connectivity index (χ3n) is 9.59. The molecule has 4 aromatic rings. The number of hydrogen-bond acceptors (Lipinski definition) is 8. The van der Waals surface area contributed by atoms with Crippen molar-refractivity contribution < 1.29 is 41.0 Å². The fourth-order valence-electron chi connectivity index (χ4n) is 7.12. The maximum atomic E-state index is 14.9. The summed E-state index contributed by atoms with van der Waals surface area (Å²) in [6, 6.07) is 10.5. The Morgan fingerprint density at radius 2 is 1.78 bits per heavy atom. The van der Waals surface area contributed by atoms with Gasteiger partial charge in [-0.15, -0.1) is 0 Å². The topological polar surface area (TPSA) is 131 Å². The number of benzene rings is 2. The molecule has 0 radical (unpaired) electrons. The number of nitrogens with one attached hydrogen (secondary N) is 1. The molecule has 2 aromatic carbocycles. The highest BCUT2D eigenvalue weighted by molar-refractivity contribution is 5.74. The lowest BCUT2D eigenvalue weighted by molar-refractivity contribution is -0.198. The summed E-state index contributed by atoms with van der Waals surface area (Å²) in [5, 5.41) is 17.1. The van der Waals surface area contributed by atoms with E-state index in [9.17, 15) is 36.2 Å². The summed E-state index contributed by atoms with van der Waals surface area (Å²) in [5.41, 5.74) is 5.29. The molecule has 2 saturated heterocycles. The van der Waals surface area contributed by atoms with Crippen molar-refractivity contribution in [2.45, 2.75) is 70.1 Å². The third kappa shape index (κ3) is 7.06. The van der Waals surface area contributed by atoms with Crippen molar-refractivity contribution in [3.8, 4) is 22.7 Å². The molecule has 2 aromatic heterocycles. The molecule has 10 nitrogen and oxygen atoms in total. The number of nitrogens with two attached hydrogens (primary N) is 1. The number of aryl methyl sites for hydroxylation is 1. The van der Waals surface area contributed by atoms with Crippen LogP contribution in [0.4, 0.5) is 38.1 Å². The lowest BCUT2D eigenvalue weighted by Crippen LogP contribution is -2.46. The van der Waals surface area contributed by atoms with Gasteiger partial charge in [0.2, 0.25) is 17.9 Å². The Morgan fingerprint density at radius 3 is 2.40 bits per heavy atom. The van der Waals surface area contributed by atoms with Crippen LogP contribution in [0.5, 0.6) is 5.88 Å². The smallest absolute Gasteiger partial charge is 0.429 e. The van der Waals surface area contributed by atoms with Crippen molar-refractivity contribution in [2.24, 2.45) is 5.41 Å². The van der Waals surface area contributed by atoms with E-state index in [2.05, 4.69) is 20.4 Å². The van der Waals surface area contributed by atoms with Gasteiger partial charge in [-0.05, 0) is 73.4 Å². The summed E-state index contributed by atoms with van der Waals surface area (Å²) >= 11 is 0. The molecule has 3 atom stereocenters. The van der Waals surface area contributed by atoms with Gasteiger partial charge in [-0.2, -0.15) is 41.4 Å². The predicted octanol–water partition coefficient (Wildman–Crippen LogP) is 6.73. The third-order valence-corrected chi connectivity index (χ3v) is 9.59. The van der Waals surface area contributed by atoms with Crippen LogP contribution in [0.1, 0.15) is 55.5 Å². The number of carboxylic acids is 1. The molecular weight excluding hydrogens is 668 g/mol. The van der Waals surface area contributed by atoms with Crippen molar-refractivity contribution in [2.75, 3.05) is 23.7 Å². The van der Waals surface area contributed by atoms with Crippen molar-refractivity contribution in [3.63, 3.8) is 0 Å². The van der Waals surface area contributed by atoms with Crippen LogP contribution in [0.3, 0.4) is 0 Å². The molecule has 50 heavy (non-hydrogen) atoms. The second-order valence-corrected chi connectivity index (χ2v) is 12.8. The second kappa shape index (κ2) is 13.1. The summed E-state index contributed by atoms with van der Waals surface area (Å²) in [7, 11) is 0. The number of halogens is 6. The Morgan fingerprint density at radius 1 is 1.06 bits per heavy atom. The van der Waals surface area contributed by atoms with Gasteiger partial charge in [0.05, 0.1) is 16.9 Å². The van der Waals surface area contributed by atoms with Crippen LogP contribution in [-0.2, 0) is 11.0 Å². The van der Waals surface area contributed by atoms with Crippen LogP contribution in [0, 0.1) is 12.3 Å². The number of hydrogen-bond donors (Lipinski definition) is 3. The molecule has 2 aliphatic rings. The number of ether oxygens (including phenoxy) is 1. The molecule has 0 aliphatic carbocycles. The van der Waals surface area contributed by atoms with Gasteiger partial charge < -0.3 is 25.8 Å². The second-order valence-electron chi connectivity index (χ2n) is 12.8. The molecule has 0 saturated carbocycles. The van der Waals surface area contributed by atoms with Gasteiger partial charge in [0, 0.05) is 37.0 Å². The standard InChI is InChI=1S/C34H35F6N7O3/c1-3-26-32(18-24(42-26)30(48)49)10-13-46(14-11-32)27-17-28(44-31(41)43-27)50-29(34(38,39)40)23-8-7-21(16-25(23)47-12-9-19(2)45-47)20-5-4-6-22(15-20)33(35,36)37/h4-9,12,15-17,24,26,29,42H,3,10-11,13-14,18H2,1-2H3,(H,48,49)(H2,41,43,44)/t24?,26?,29-/m1/s1. The molecule has 266 valence electrons. The minimum absolute atomic E-state index is 0.0143. The van der Waals surface area contributed by atoms with E-state index < -0.39 is 41.9 Å². The van der Waals surface area contributed by atoms with Crippen molar-refractivity contribution in [1.82, 2.24) is 25.1 Å². The molecule has 0 bridgehead atoms. The number of carboxylic acid groups (broad SMARTS) is 1. The van der Waals surface area contributed by atoms with Crippen molar-refractivity contribution in [1.29, 1.82) is 0 Å². The van der Waals surface area contributed by atoms with Gasteiger partial charge in [0.25, 0.3) is 0 Å². The molecule has 16 heteroatoms. The summed E-state index contributed by atoms with van der Waals surface area (Å²) in [4.78, 5) is 21.8. The lowest BCUT2D eigenvalue weighted by atomic mass is 9.71. The normalized spacial score (nSPS) is 19.9. The molecule has 1 spiro atoms. The summed E-state index contributed by atoms with van der Waals surface area (Å²) in [5.74, 6) is -1.37. The lowest BCUT2D eigenvalue weighted by Gasteiger charge is -2.43. The molecule has 0 amide bonds. The highest BCUT2D eigenvalue weighted by atomic mass is 19.4. The van der Waals surface area contributed by atoms with Gasteiger partial charge >= 0.3 is 18.3 Å². The Hall–Kier alpha value is -4.86. The molecule has 2 fully saturated rings. The molecule has 4 N–H and O–H groups in total. The van der Waals surface area contributed by atoms with Crippen LogP contribution >= 0.6 is 0 Å². The summed E-state index contributed by atoms with van der Waals surface area (Å²) < 4.78 is 91.8. The van der Waals surface area contributed by atoms with E-state index in [0.717, 1.165) is 24.6 Å². The van der Waals surface area contributed by atoms with Gasteiger partial charge in [0.15, 0.2) is 0 Å². The van der Waals surface area contributed by atoms with E-state index in [0.29, 0.717) is 38.0 Å². The Kier molecular flexibility index (Phi) is 9.18. The Bertz CT molecular complexity index is 1870. The fourth-order valence-corrected chi connectivity index (χ4v) is 7.12. The number of nitrogen functional groups attached to an aromatic ring is 1. The zero-order valence-corrected chi connectivity index (χ0v) is 27.1. The van der Waals surface area contributed by atoms with Crippen molar-refractivity contribution >= 4 is 17.7 Å². The quantitative estimate of drug-likeness (QED) is 0.171. The average molecular weight is 704 g/mol. The van der Waals surface area contributed by atoms with Gasteiger partial charge in [-0.25, -0.2) is 4.68 Å². The zero-order valence-electron chi connectivity index (χ0n) is 27.1. The number of aromatic nitrogens is 4. The van der Waals surface area contributed by atoms with Crippen LogP contribution in [-0.4, -0.2) is 62.2 Å². The minimum Gasteiger partial charge on any atom is -0.480 e. The van der Waals surface area contributed by atoms with E-state index >= 15 is 0 Å². The molecule has 2 aliphatic heterocycles. The van der Waals surface area contributed by atoms with E-state index in [1.54, 1.807) is 13.0 Å². The van der Waals surface area contributed by atoms with Crippen LogP contribution in [0.2, 0.25) is 0 Å². The first-order valence-corrected chi connectivity index (χ1v) is 16.0. The minimum atomic E-state index is -4.97. The number of rotatable bonds is 8. The molecule has 4 heterocycles. The number of anilines is 2.